The highest BCUT2D eigenvalue weighted by molar-refractivity contribution is 5.91. The van der Waals surface area contributed by atoms with Crippen molar-refractivity contribution in [2.75, 3.05) is 6.54 Å². The predicted octanol–water partition coefficient (Wildman–Crippen LogP) is 1.22. The molecule has 2 atom stereocenters. The van der Waals surface area contributed by atoms with Crippen molar-refractivity contribution in [3.05, 3.63) is 0 Å². The number of likely N-dealkylation sites (tertiary alicyclic amines) is 1. The Bertz CT molecular complexity index is 428. The number of alkyl carbamates (subject to hydrolysis) is 1. The highest BCUT2D eigenvalue weighted by atomic mass is 16.6. The van der Waals surface area contributed by atoms with Gasteiger partial charge >= 0.3 is 12.1 Å². The number of nitrogens with one attached hydrogen (secondary N) is 1. The van der Waals surface area contributed by atoms with Crippen LogP contribution in [0.1, 0.15) is 41.0 Å². The summed E-state index contributed by atoms with van der Waals surface area (Å²) in [5.74, 6) is -1.61. The molecule has 1 heterocycles. The monoisotopic (exact) mass is 300 g/mol. The minimum Gasteiger partial charge on any atom is -0.480 e. The SMILES string of the molecule is CC(C)[C@@H](C(=O)O)N1CCC(NC(=O)OC(C)(C)C)C1=O. The van der Waals surface area contributed by atoms with E-state index >= 15 is 0 Å². The van der Waals surface area contributed by atoms with Gasteiger partial charge in [-0.2, -0.15) is 0 Å². The van der Waals surface area contributed by atoms with Crippen LogP contribution in [0.2, 0.25) is 0 Å². The number of carboxylic acid groups (broad SMARTS) is 1. The molecule has 0 saturated carbocycles. The standard InChI is InChI=1S/C14H24N2O5/c1-8(2)10(12(18)19)16-7-6-9(11(16)17)15-13(20)21-14(3,4)5/h8-10H,6-7H2,1-5H3,(H,15,20)(H,18,19)/t9?,10-/m0/s1. The zero-order valence-electron chi connectivity index (χ0n) is 13.2. The summed E-state index contributed by atoms with van der Waals surface area (Å²) < 4.78 is 5.10. The van der Waals surface area contributed by atoms with Crippen molar-refractivity contribution >= 4 is 18.0 Å². The van der Waals surface area contributed by atoms with Gasteiger partial charge in [-0.25, -0.2) is 9.59 Å². The van der Waals surface area contributed by atoms with Gasteiger partial charge in [0.2, 0.25) is 5.91 Å². The fraction of sp³-hybridized carbons (Fsp3) is 0.786. The van der Waals surface area contributed by atoms with E-state index in [2.05, 4.69) is 5.32 Å². The first-order valence-corrected chi connectivity index (χ1v) is 7.05. The molecule has 0 aromatic heterocycles. The Morgan fingerprint density at radius 2 is 1.95 bits per heavy atom. The highest BCUT2D eigenvalue weighted by Crippen LogP contribution is 2.20. The zero-order valence-corrected chi connectivity index (χ0v) is 13.2. The molecule has 1 fully saturated rings. The number of ether oxygens (including phenoxy) is 1. The van der Waals surface area contributed by atoms with Crippen LogP contribution in [0.3, 0.4) is 0 Å². The van der Waals surface area contributed by atoms with E-state index in [0.717, 1.165) is 0 Å². The lowest BCUT2D eigenvalue weighted by Gasteiger charge is -2.27. The van der Waals surface area contributed by atoms with Crippen LogP contribution in [0.15, 0.2) is 0 Å². The molecule has 0 bridgehead atoms. The first kappa shape index (κ1) is 17.3. The number of carboxylic acids is 1. The van der Waals surface area contributed by atoms with E-state index in [1.807, 2.05) is 0 Å². The maximum atomic E-state index is 12.2. The van der Waals surface area contributed by atoms with E-state index in [-0.39, 0.29) is 11.8 Å². The number of aliphatic carboxylic acids is 1. The molecule has 2 N–H and O–H groups in total. The van der Waals surface area contributed by atoms with Crippen LogP contribution in [0.4, 0.5) is 4.79 Å². The fourth-order valence-electron chi connectivity index (χ4n) is 2.34. The fourth-order valence-corrected chi connectivity index (χ4v) is 2.34. The van der Waals surface area contributed by atoms with Crippen LogP contribution in [-0.2, 0) is 14.3 Å². The van der Waals surface area contributed by atoms with Crippen LogP contribution in [0, 0.1) is 5.92 Å². The summed E-state index contributed by atoms with van der Waals surface area (Å²) in [6.07, 6.45) is -0.284. The normalized spacial score (nSPS) is 20.6. The molecule has 120 valence electrons. The van der Waals surface area contributed by atoms with Gasteiger partial charge in [-0.15, -0.1) is 0 Å². The summed E-state index contributed by atoms with van der Waals surface area (Å²) in [6, 6.07) is -1.59. The van der Waals surface area contributed by atoms with Crippen molar-refractivity contribution in [1.29, 1.82) is 0 Å². The average molecular weight is 300 g/mol. The first-order chi connectivity index (χ1) is 9.53. The molecule has 7 heteroatoms. The van der Waals surface area contributed by atoms with E-state index in [4.69, 9.17) is 4.74 Å². The quantitative estimate of drug-likeness (QED) is 0.814. The smallest absolute Gasteiger partial charge is 0.408 e. The summed E-state index contributed by atoms with van der Waals surface area (Å²) in [7, 11) is 0. The van der Waals surface area contributed by atoms with Crippen molar-refractivity contribution in [3.8, 4) is 0 Å². The number of carbonyl (C=O) groups excluding carboxylic acids is 2. The number of nitrogens with zero attached hydrogens (tertiary/aromatic N) is 1. The second kappa shape index (κ2) is 6.32. The molecule has 21 heavy (non-hydrogen) atoms. The van der Waals surface area contributed by atoms with Gasteiger partial charge in [0, 0.05) is 6.54 Å². The third-order valence-electron chi connectivity index (χ3n) is 3.15. The van der Waals surface area contributed by atoms with Gasteiger partial charge in [0.05, 0.1) is 0 Å². The lowest BCUT2D eigenvalue weighted by atomic mass is 10.0. The molecule has 1 saturated heterocycles. The largest absolute Gasteiger partial charge is 0.480 e. The van der Waals surface area contributed by atoms with Crippen LogP contribution >= 0.6 is 0 Å². The second-order valence-corrected chi connectivity index (χ2v) is 6.55. The summed E-state index contributed by atoms with van der Waals surface area (Å²) in [5, 5.41) is 11.7. The number of hydrogen-bond acceptors (Lipinski definition) is 4. The zero-order chi connectivity index (χ0) is 16.4. The van der Waals surface area contributed by atoms with Gasteiger partial charge in [0.25, 0.3) is 0 Å². The second-order valence-electron chi connectivity index (χ2n) is 6.55. The summed E-state index contributed by atoms with van der Waals surface area (Å²) in [4.78, 5) is 36.5. The van der Waals surface area contributed by atoms with Crippen LogP contribution in [0.5, 0.6) is 0 Å². The third kappa shape index (κ3) is 4.61. The topological polar surface area (TPSA) is 95.9 Å². The Morgan fingerprint density at radius 1 is 1.38 bits per heavy atom. The number of amides is 2. The molecule has 0 aliphatic carbocycles. The van der Waals surface area contributed by atoms with E-state index in [1.54, 1.807) is 34.6 Å². The summed E-state index contributed by atoms with van der Waals surface area (Å²) in [6.45, 7) is 9.01. The first-order valence-electron chi connectivity index (χ1n) is 7.05. The minimum atomic E-state index is -1.03. The molecule has 1 aliphatic rings. The van der Waals surface area contributed by atoms with Gasteiger partial charge in [-0.3, -0.25) is 4.79 Å². The molecule has 7 nitrogen and oxygen atoms in total. The van der Waals surface area contributed by atoms with Crippen LogP contribution < -0.4 is 5.32 Å². The lowest BCUT2D eigenvalue weighted by Crippen LogP contribution is -2.49. The molecule has 0 aromatic rings. The van der Waals surface area contributed by atoms with E-state index in [9.17, 15) is 19.5 Å². The third-order valence-corrected chi connectivity index (χ3v) is 3.15. The Kier molecular flexibility index (Phi) is 5.20. The van der Waals surface area contributed by atoms with Crippen molar-refractivity contribution < 1.29 is 24.2 Å². The molecular formula is C14H24N2O5. The predicted molar refractivity (Wildman–Crippen MR) is 75.7 cm³/mol. The highest BCUT2D eigenvalue weighted by Gasteiger charge is 2.41. The Labute approximate surface area is 124 Å². The van der Waals surface area contributed by atoms with Crippen molar-refractivity contribution in [2.24, 2.45) is 5.92 Å². The molecule has 1 rings (SSSR count). The maximum absolute atomic E-state index is 12.2. The molecule has 1 unspecified atom stereocenters. The molecular weight excluding hydrogens is 276 g/mol. The van der Waals surface area contributed by atoms with Gasteiger partial charge < -0.3 is 20.1 Å². The molecule has 0 radical (unpaired) electrons. The number of hydrogen-bond donors (Lipinski definition) is 2. The van der Waals surface area contributed by atoms with E-state index < -0.39 is 29.7 Å². The van der Waals surface area contributed by atoms with Crippen molar-refractivity contribution in [1.82, 2.24) is 10.2 Å². The summed E-state index contributed by atoms with van der Waals surface area (Å²) >= 11 is 0. The van der Waals surface area contributed by atoms with Gasteiger partial charge in [-0.1, -0.05) is 13.8 Å². The maximum Gasteiger partial charge on any atom is 0.408 e. The van der Waals surface area contributed by atoms with Gasteiger partial charge in [0.1, 0.15) is 17.7 Å². The molecule has 0 spiro atoms. The number of carbonyl (C=O) groups is 3. The minimum absolute atomic E-state index is 0.202. The van der Waals surface area contributed by atoms with E-state index in [1.165, 1.54) is 4.90 Å². The lowest BCUT2D eigenvalue weighted by molar-refractivity contribution is -0.150. The molecule has 2 amide bonds. The Morgan fingerprint density at radius 3 is 2.38 bits per heavy atom. The van der Waals surface area contributed by atoms with Gasteiger partial charge in [0.15, 0.2) is 0 Å². The average Bonchev–Trinajstić information content (AvgIpc) is 2.58. The van der Waals surface area contributed by atoms with Crippen molar-refractivity contribution in [3.63, 3.8) is 0 Å². The summed E-state index contributed by atoms with van der Waals surface area (Å²) in [5.41, 5.74) is -0.646. The van der Waals surface area contributed by atoms with Gasteiger partial charge in [-0.05, 0) is 33.1 Å². The van der Waals surface area contributed by atoms with E-state index in [0.29, 0.717) is 13.0 Å². The number of rotatable bonds is 4. The van der Waals surface area contributed by atoms with Crippen LogP contribution in [-0.4, -0.2) is 52.2 Å². The molecule has 0 aromatic carbocycles. The Balaban J connectivity index is 2.69. The Hall–Kier alpha value is -1.79. The molecule has 1 aliphatic heterocycles. The van der Waals surface area contributed by atoms with Crippen molar-refractivity contribution in [2.45, 2.75) is 58.7 Å². The van der Waals surface area contributed by atoms with Crippen LogP contribution in [0.25, 0.3) is 0 Å².